The van der Waals surface area contributed by atoms with E-state index in [1.54, 1.807) is 0 Å². The second-order valence-corrected chi connectivity index (χ2v) is 11.3. The molecule has 12 heteroatoms. The normalized spacial score (nSPS) is 15.2. The molecule has 0 bridgehead atoms. The third-order valence-electron chi connectivity index (χ3n) is 6.88. The van der Waals surface area contributed by atoms with Gasteiger partial charge >= 0.3 is 18.0 Å². The number of esters is 2. The highest BCUT2D eigenvalue weighted by molar-refractivity contribution is 5.89. The van der Waals surface area contributed by atoms with Gasteiger partial charge in [-0.05, 0) is 66.0 Å². The number of nitrogens with two attached hydrogens (primary N) is 1. The molecular formula is C30H54N4O8. The molecule has 0 spiro atoms. The van der Waals surface area contributed by atoms with Gasteiger partial charge in [-0.3, -0.25) is 24.1 Å². The lowest BCUT2D eigenvalue weighted by atomic mass is 9.87. The highest BCUT2D eigenvalue weighted by atomic mass is 16.7. The van der Waals surface area contributed by atoms with Gasteiger partial charge in [0.2, 0.25) is 12.2 Å². The molecule has 0 saturated heterocycles. The summed E-state index contributed by atoms with van der Waals surface area (Å²) >= 11 is 0. The number of carbonyl (C=O) groups is 5. The van der Waals surface area contributed by atoms with Crippen LogP contribution in [0.1, 0.15) is 81.1 Å². The summed E-state index contributed by atoms with van der Waals surface area (Å²) < 4.78 is 15.8. The zero-order valence-corrected chi connectivity index (χ0v) is 27.2. The van der Waals surface area contributed by atoms with Crippen molar-refractivity contribution in [2.45, 2.75) is 112 Å². The van der Waals surface area contributed by atoms with Crippen LogP contribution in [0.15, 0.2) is 12.2 Å². The number of ketones is 1. The van der Waals surface area contributed by atoms with Gasteiger partial charge in [0.1, 0.15) is 24.7 Å². The van der Waals surface area contributed by atoms with Crippen LogP contribution in [0.5, 0.6) is 0 Å². The molecule has 3 N–H and O–H groups in total. The van der Waals surface area contributed by atoms with Crippen molar-refractivity contribution in [3.05, 3.63) is 12.2 Å². The van der Waals surface area contributed by atoms with E-state index in [9.17, 15) is 24.0 Å². The molecule has 0 aliphatic rings. The van der Waals surface area contributed by atoms with Crippen molar-refractivity contribution < 1.29 is 38.2 Å². The van der Waals surface area contributed by atoms with E-state index in [4.69, 9.17) is 19.9 Å². The first-order chi connectivity index (χ1) is 19.6. The molecule has 0 saturated carbocycles. The van der Waals surface area contributed by atoms with E-state index in [1.165, 1.54) is 25.8 Å². The monoisotopic (exact) mass is 598 g/mol. The van der Waals surface area contributed by atoms with Crippen LogP contribution >= 0.6 is 0 Å². The van der Waals surface area contributed by atoms with Gasteiger partial charge in [-0.2, -0.15) is 0 Å². The first kappa shape index (κ1) is 39.0. The summed E-state index contributed by atoms with van der Waals surface area (Å²) in [5.41, 5.74) is 5.59. The van der Waals surface area contributed by atoms with Crippen LogP contribution in [-0.4, -0.2) is 97.2 Å². The molecule has 42 heavy (non-hydrogen) atoms. The SMILES string of the molecule is C/C=C/C[C@@H](C)[C@@H](OC(=O)CN(C)C(=O)[C@H](CCCCN)NC(=O)OC(C)OC(C)=O)[C@@H](C(=O)C(C)C)N(C)C(C)C. The van der Waals surface area contributed by atoms with Crippen molar-refractivity contribution >= 4 is 29.7 Å². The van der Waals surface area contributed by atoms with Crippen LogP contribution < -0.4 is 11.1 Å². The van der Waals surface area contributed by atoms with Gasteiger partial charge < -0.3 is 30.2 Å². The van der Waals surface area contributed by atoms with Crippen LogP contribution in [0.25, 0.3) is 0 Å². The summed E-state index contributed by atoms with van der Waals surface area (Å²) in [6, 6.07) is -1.67. The predicted octanol–water partition coefficient (Wildman–Crippen LogP) is 3.03. The lowest BCUT2D eigenvalue weighted by Crippen LogP contribution is -2.55. The molecule has 0 aromatic rings. The molecule has 0 radical (unpaired) electrons. The van der Waals surface area contributed by atoms with Gasteiger partial charge in [0.15, 0.2) is 5.78 Å². The second kappa shape index (κ2) is 20.0. The maximum atomic E-state index is 13.4. The summed E-state index contributed by atoms with van der Waals surface area (Å²) in [5, 5.41) is 2.49. The minimum Gasteiger partial charge on any atom is -0.459 e. The fraction of sp³-hybridized carbons (Fsp3) is 0.767. The van der Waals surface area contributed by atoms with Gasteiger partial charge in [0.05, 0.1) is 0 Å². The number of allylic oxidation sites excluding steroid dienone is 2. The molecule has 2 amide bonds. The standard InChI is InChI=1S/C30H54N4O8/c1-11-12-15-21(6)28(26(27(37)19(2)3)34(10)20(4)5)42-25(36)18-33(9)29(38)24(16-13-14-17-31)32-30(39)41-23(8)40-22(7)35/h11-12,19-21,23-24,26,28H,13-18,31H2,1-10H3,(H,32,39)/b12-11+/t21-,23?,24+,26-,28-/m1/s1. The van der Waals surface area contributed by atoms with E-state index >= 15 is 0 Å². The summed E-state index contributed by atoms with van der Waals surface area (Å²) in [6.45, 7) is 14.0. The number of rotatable bonds is 19. The number of Topliss-reactive ketones (excluding diaryl/α,β-unsaturated/α-hetero) is 1. The van der Waals surface area contributed by atoms with Gasteiger partial charge in [0.25, 0.3) is 0 Å². The predicted molar refractivity (Wildman–Crippen MR) is 160 cm³/mol. The van der Waals surface area contributed by atoms with Crippen LogP contribution in [-0.2, 0) is 33.4 Å². The van der Waals surface area contributed by atoms with Crippen LogP contribution in [0.3, 0.4) is 0 Å². The Morgan fingerprint density at radius 2 is 1.55 bits per heavy atom. The summed E-state index contributed by atoms with van der Waals surface area (Å²) in [5.74, 6) is -2.33. The van der Waals surface area contributed by atoms with Crippen molar-refractivity contribution in [1.82, 2.24) is 15.1 Å². The number of hydrogen-bond donors (Lipinski definition) is 2. The number of hydrogen-bond acceptors (Lipinski definition) is 10. The second-order valence-electron chi connectivity index (χ2n) is 11.3. The van der Waals surface area contributed by atoms with Gasteiger partial charge in [-0.15, -0.1) is 0 Å². The zero-order chi connectivity index (χ0) is 32.6. The van der Waals surface area contributed by atoms with Gasteiger partial charge in [-0.25, -0.2) is 4.79 Å². The van der Waals surface area contributed by atoms with Crippen molar-refractivity contribution in [3.8, 4) is 0 Å². The fourth-order valence-electron chi connectivity index (χ4n) is 4.30. The highest BCUT2D eigenvalue weighted by Crippen LogP contribution is 2.24. The maximum Gasteiger partial charge on any atom is 0.410 e. The third-order valence-corrected chi connectivity index (χ3v) is 6.88. The first-order valence-electron chi connectivity index (χ1n) is 14.7. The molecule has 0 aliphatic carbocycles. The average molecular weight is 599 g/mol. The molecule has 1 unspecified atom stereocenters. The molecular weight excluding hydrogens is 544 g/mol. The average Bonchev–Trinajstić information content (AvgIpc) is 2.89. The first-order valence-corrected chi connectivity index (χ1v) is 14.7. The molecule has 242 valence electrons. The lowest BCUT2D eigenvalue weighted by Gasteiger charge is -2.39. The molecule has 0 aromatic heterocycles. The molecule has 0 aromatic carbocycles. The number of ether oxygens (including phenoxy) is 3. The van der Waals surface area contributed by atoms with E-state index in [0.717, 1.165) is 0 Å². The number of nitrogens with one attached hydrogen (secondary N) is 1. The van der Waals surface area contributed by atoms with Crippen molar-refractivity contribution in [2.75, 3.05) is 27.2 Å². The molecule has 0 fully saturated rings. The van der Waals surface area contributed by atoms with E-state index in [2.05, 4.69) is 5.32 Å². The molecule has 12 nitrogen and oxygen atoms in total. The maximum absolute atomic E-state index is 13.4. The molecule has 5 atom stereocenters. The molecule has 0 heterocycles. The zero-order valence-electron chi connectivity index (χ0n) is 27.2. The third kappa shape index (κ3) is 14.3. The van der Waals surface area contributed by atoms with Crippen molar-refractivity contribution in [3.63, 3.8) is 0 Å². The fourth-order valence-corrected chi connectivity index (χ4v) is 4.30. The summed E-state index contributed by atoms with van der Waals surface area (Å²) in [6.07, 6.45) is 3.02. The number of alkyl carbamates (subject to hydrolysis) is 1. The van der Waals surface area contributed by atoms with E-state index < -0.39 is 55.0 Å². The number of nitrogens with zero attached hydrogens (tertiary/aromatic N) is 2. The Kier molecular flexibility index (Phi) is 18.6. The van der Waals surface area contributed by atoms with Crippen LogP contribution in [0, 0.1) is 11.8 Å². The van der Waals surface area contributed by atoms with E-state index in [1.807, 2.05) is 65.6 Å². The smallest absolute Gasteiger partial charge is 0.410 e. The van der Waals surface area contributed by atoms with Crippen LogP contribution in [0.2, 0.25) is 0 Å². The Balaban J connectivity index is 5.86. The number of likely N-dealkylation sites (N-methyl/N-ethyl adjacent to an activating group) is 2. The quantitative estimate of drug-likeness (QED) is 0.0980. The number of unbranched alkanes of at least 4 members (excludes halogenated alkanes) is 1. The van der Waals surface area contributed by atoms with Crippen molar-refractivity contribution in [2.24, 2.45) is 17.6 Å². The van der Waals surface area contributed by atoms with Gasteiger partial charge in [-0.1, -0.05) is 32.9 Å². The van der Waals surface area contributed by atoms with Gasteiger partial charge in [0, 0.05) is 32.9 Å². The Labute approximate surface area is 251 Å². The Morgan fingerprint density at radius 3 is 2.05 bits per heavy atom. The van der Waals surface area contributed by atoms with Crippen molar-refractivity contribution in [1.29, 1.82) is 0 Å². The number of carbonyl (C=O) groups excluding carboxylic acids is 5. The topological polar surface area (TPSA) is 158 Å². The minimum absolute atomic E-state index is 0.0146. The molecule has 0 aliphatic heterocycles. The van der Waals surface area contributed by atoms with Crippen LogP contribution in [0.4, 0.5) is 4.79 Å². The summed E-state index contributed by atoms with van der Waals surface area (Å²) in [4.78, 5) is 66.5. The Hall–Kier alpha value is -2.99. The highest BCUT2D eigenvalue weighted by Gasteiger charge is 2.40. The van der Waals surface area contributed by atoms with E-state index in [0.29, 0.717) is 25.8 Å². The minimum atomic E-state index is -1.15. The largest absolute Gasteiger partial charge is 0.459 e. The number of amides is 2. The van der Waals surface area contributed by atoms with E-state index in [-0.39, 0.29) is 30.1 Å². The summed E-state index contributed by atoms with van der Waals surface area (Å²) in [7, 11) is 3.27. The molecule has 0 rings (SSSR count). The Bertz CT molecular complexity index is 908. The lowest BCUT2D eigenvalue weighted by molar-refractivity contribution is -0.162. The Morgan fingerprint density at radius 1 is 0.929 bits per heavy atom.